The standard InChI is InChI=1S/C12H10I4O6/c13-7-5(11(19)21-3-1-17)8(14)10(16)6(9(7)15)12(20)22-4-2-18/h17-18H,1-4H2. The van der Waals surface area contributed by atoms with Gasteiger partial charge in [0, 0.05) is 14.3 Å². The van der Waals surface area contributed by atoms with Gasteiger partial charge in [-0.15, -0.1) is 0 Å². The first-order valence-electron chi connectivity index (χ1n) is 5.78. The lowest BCUT2D eigenvalue weighted by Crippen LogP contribution is -2.19. The van der Waals surface area contributed by atoms with Crippen molar-refractivity contribution in [3.8, 4) is 0 Å². The Balaban J connectivity index is 3.32. The van der Waals surface area contributed by atoms with Gasteiger partial charge in [0.1, 0.15) is 13.2 Å². The molecule has 0 spiro atoms. The number of halogens is 4. The van der Waals surface area contributed by atoms with Gasteiger partial charge in [-0.2, -0.15) is 0 Å². The van der Waals surface area contributed by atoms with Crippen LogP contribution in [-0.2, 0) is 9.47 Å². The van der Waals surface area contributed by atoms with E-state index in [-0.39, 0.29) is 26.4 Å². The SMILES string of the molecule is O=C(OCCO)c1c(I)c(I)c(C(=O)OCCO)c(I)c1I. The van der Waals surface area contributed by atoms with E-state index in [4.69, 9.17) is 19.7 Å². The average Bonchev–Trinajstić information content (AvgIpc) is 2.49. The maximum absolute atomic E-state index is 12.1. The highest BCUT2D eigenvalue weighted by molar-refractivity contribution is 14.1. The van der Waals surface area contributed by atoms with Gasteiger partial charge in [-0.05, 0) is 90.4 Å². The minimum absolute atomic E-state index is 0.0849. The smallest absolute Gasteiger partial charge is 0.340 e. The molecule has 2 N–H and O–H groups in total. The second kappa shape index (κ2) is 10.1. The molecule has 0 unspecified atom stereocenters. The predicted octanol–water partition coefficient (Wildman–Crippen LogP) is 2.40. The predicted molar refractivity (Wildman–Crippen MR) is 112 cm³/mol. The van der Waals surface area contributed by atoms with Crippen LogP contribution < -0.4 is 0 Å². The minimum atomic E-state index is -0.547. The number of hydrogen-bond acceptors (Lipinski definition) is 6. The van der Waals surface area contributed by atoms with E-state index in [9.17, 15) is 9.59 Å². The molecular formula is C12H10I4O6. The number of benzene rings is 1. The highest BCUT2D eigenvalue weighted by Gasteiger charge is 2.28. The Morgan fingerprint density at radius 3 is 1.23 bits per heavy atom. The molecule has 0 radical (unpaired) electrons. The van der Waals surface area contributed by atoms with Crippen LogP contribution in [0.2, 0.25) is 0 Å². The number of carbonyl (C=O) groups is 2. The molecule has 22 heavy (non-hydrogen) atoms. The number of ether oxygens (including phenoxy) is 2. The number of rotatable bonds is 6. The average molecular weight is 758 g/mol. The first-order chi connectivity index (χ1) is 10.4. The molecule has 0 aliphatic rings. The number of aliphatic hydroxyl groups excluding tert-OH is 2. The van der Waals surface area contributed by atoms with E-state index >= 15 is 0 Å². The fourth-order valence-corrected chi connectivity index (χ4v) is 5.48. The van der Waals surface area contributed by atoms with Gasteiger partial charge in [-0.3, -0.25) is 0 Å². The van der Waals surface area contributed by atoms with E-state index in [2.05, 4.69) is 0 Å². The minimum Gasteiger partial charge on any atom is -0.460 e. The molecule has 1 aromatic carbocycles. The number of carbonyl (C=O) groups excluding carboxylic acids is 2. The van der Waals surface area contributed by atoms with Crippen molar-refractivity contribution in [3.05, 3.63) is 25.4 Å². The molecule has 6 nitrogen and oxygen atoms in total. The summed E-state index contributed by atoms with van der Waals surface area (Å²) in [5.41, 5.74) is 0.726. The zero-order valence-corrected chi connectivity index (χ0v) is 19.5. The molecule has 1 rings (SSSR count). The van der Waals surface area contributed by atoms with Crippen LogP contribution in [0.5, 0.6) is 0 Å². The number of hydrogen-bond donors (Lipinski definition) is 2. The van der Waals surface area contributed by atoms with E-state index in [0.29, 0.717) is 25.4 Å². The summed E-state index contributed by atoms with van der Waals surface area (Å²) in [6.07, 6.45) is 0. The molecule has 0 fully saturated rings. The lowest BCUT2D eigenvalue weighted by Gasteiger charge is -2.15. The third-order valence-corrected chi connectivity index (χ3v) is 8.70. The summed E-state index contributed by atoms with van der Waals surface area (Å²) < 4.78 is 12.3. The van der Waals surface area contributed by atoms with Gasteiger partial charge in [0.05, 0.1) is 24.3 Å². The Morgan fingerprint density at radius 2 is 1.00 bits per heavy atom. The molecule has 0 saturated heterocycles. The Labute approximate surface area is 181 Å². The molecule has 1 aromatic rings. The van der Waals surface area contributed by atoms with Crippen molar-refractivity contribution in [3.63, 3.8) is 0 Å². The summed E-state index contributed by atoms with van der Waals surface area (Å²) in [4.78, 5) is 24.2. The zero-order valence-electron chi connectivity index (χ0n) is 10.9. The summed E-state index contributed by atoms with van der Waals surface area (Å²) in [6.45, 7) is -0.672. The second-order valence-electron chi connectivity index (χ2n) is 3.72. The molecule has 0 atom stereocenters. The first kappa shape index (κ1) is 21.0. The van der Waals surface area contributed by atoms with Gasteiger partial charge in [-0.25, -0.2) is 9.59 Å². The van der Waals surface area contributed by atoms with Crippen LogP contribution in [0.4, 0.5) is 0 Å². The van der Waals surface area contributed by atoms with Gasteiger partial charge >= 0.3 is 11.9 Å². The van der Waals surface area contributed by atoms with E-state index < -0.39 is 11.9 Å². The van der Waals surface area contributed by atoms with E-state index in [1.54, 1.807) is 0 Å². The second-order valence-corrected chi connectivity index (χ2v) is 8.04. The summed E-state index contributed by atoms with van der Waals surface area (Å²) in [5, 5.41) is 17.5. The van der Waals surface area contributed by atoms with Crippen LogP contribution in [0, 0.1) is 14.3 Å². The quantitative estimate of drug-likeness (QED) is 0.264. The fraction of sp³-hybridized carbons (Fsp3) is 0.333. The fourth-order valence-electron chi connectivity index (χ4n) is 1.41. The molecule has 10 heteroatoms. The van der Waals surface area contributed by atoms with Crippen LogP contribution in [0.3, 0.4) is 0 Å². The van der Waals surface area contributed by atoms with Crippen molar-refractivity contribution < 1.29 is 29.3 Å². The van der Waals surface area contributed by atoms with Crippen molar-refractivity contribution in [2.24, 2.45) is 0 Å². The molecule has 0 heterocycles. The van der Waals surface area contributed by atoms with Crippen molar-refractivity contribution in [2.75, 3.05) is 26.4 Å². The van der Waals surface area contributed by atoms with Gasteiger partial charge < -0.3 is 19.7 Å². The maximum atomic E-state index is 12.1. The zero-order chi connectivity index (χ0) is 16.9. The van der Waals surface area contributed by atoms with Gasteiger partial charge in [0.15, 0.2) is 0 Å². The van der Waals surface area contributed by atoms with E-state index in [1.165, 1.54) is 0 Å². The van der Waals surface area contributed by atoms with Crippen LogP contribution in [0.25, 0.3) is 0 Å². The lowest BCUT2D eigenvalue weighted by atomic mass is 10.1. The van der Waals surface area contributed by atoms with Crippen molar-refractivity contribution in [2.45, 2.75) is 0 Å². The number of esters is 2. The van der Waals surface area contributed by atoms with E-state index in [0.717, 1.165) is 0 Å². The van der Waals surface area contributed by atoms with Crippen LogP contribution in [-0.4, -0.2) is 48.6 Å². The third-order valence-electron chi connectivity index (χ3n) is 2.32. The topological polar surface area (TPSA) is 93.1 Å². The molecule has 0 aliphatic carbocycles. The normalized spacial score (nSPS) is 10.5. The monoisotopic (exact) mass is 758 g/mol. The summed E-state index contributed by atoms with van der Waals surface area (Å²) in [7, 11) is 0. The van der Waals surface area contributed by atoms with Crippen LogP contribution in [0.1, 0.15) is 20.7 Å². The van der Waals surface area contributed by atoms with Crippen molar-refractivity contribution >= 4 is 102 Å². The molecule has 0 aliphatic heterocycles. The highest BCUT2D eigenvalue weighted by Crippen LogP contribution is 2.33. The first-order valence-corrected chi connectivity index (χ1v) is 10.1. The van der Waals surface area contributed by atoms with Gasteiger partial charge in [0.25, 0.3) is 0 Å². The Bertz CT molecular complexity index is 509. The molecular weight excluding hydrogens is 748 g/mol. The van der Waals surface area contributed by atoms with Crippen LogP contribution in [0.15, 0.2) is 0 Å². The summed E-state index contributed by atoms with van der Waals surface area (Å²) in [6, 6.07) is 0. The molecule has 0 bridgehead atoms. The van der Waals surface area contributed by atoms with Crippen molar-refractivity contribution in [1.82, 2.24) is 0 Å². The Hall–Kier alpha value is 1.000. The lowest BCUT2D eigenvalue weighted by molar-refractivity contribution is 0.0417. The summed E-state index contributed by atoms with van der Waals surface area (Å²) >= 11 is 7.90. The molecule has 0 aromatic heterocycles. The van der Waals surface area contributed by atoms with Crippen LogP contribution >= 0.6 is 90.4 Å². The van der Waals surface area contributed by atoms with Crippen molar-refractivity contribution in [1.29, 1.82) is 0 Å². The highest BCUT2D eigenvalue weighted by atomic mass is 127. The van der Waals surface area contributed by atoms with E-state index in [1.807, 2.05) is 90.4 Å². The molecule has 122 valence electrons. The molecule has 0 saturated carbocycles. The number of aliphatic hydroxyl groups is 2. The maximum Gasteiger partial charge on any atom is 0.340 e. The largest absolute Gasteiger partial charge is 0.460 e. The van der Waals surface area contributed by atoms with Gasteiger partial charge in [-0.1, -0.05) is 0 Å². The Kier molecular flexibility index (Phi) is 9.66. The summed E-state index contributed by atoms with van der Waals surface area (Å²) in [5.74, 6) is -1.09. The van der Waals surface area contributed by atoms with Gasteiger partial charge in [0.2, 0.25) is 0 Å². The molecule has 0 amide bonds. The third kappa shape index (κ3) is 5.00. The Morgan fingerprint density at radius 1 is 0.727 bits per heavy atom.